The van der Waals surface area contributed by atoms with Crippen molar-refractivity contribution in [3.8, 4) is 5.82 Å². The summed E-state index contributed by atoms with van der Waals surface area (Å²) < 4.78 is 1.79. The molecule has 3 aromatic rings. The van der Waals surface area contributed by atoms with Crippen LogP contribution in [0.25, 0.3) is 5.82 Å². The topological polar surface area (TPSA) is 92.9 Å². The highest BCUT2D eigenvalue weighted by atomic mass is 16.4. The third-order valence-corrected chi connectivity index (χ3v) is 3.35. The molecule has 0 saturated heterocycles. The smallest absolute Gasteiger partial charge is 0.335 e. The van der Waals surface area contributed by atoms with Crippen LogP contribution in [0.3, 0.4) is 0 Å². The summed E-state index contributed by atoms with van der Waals surface area (Å²) in [7, 11) is 0. The van der Waals surface area contributed by atoms with Crippen molar-refractivity contribution in [1.82, 2.24) is 19.5 Å². The van der Waals surface area contributed by atoms with Crippen LogP contribution in [-0.2, 0) is 0 Å². The van der Waals surface area contributed by atoms with Crippen molar-refractivity contribution in [3.05, 3.63) is 59.8 Å². The number of aromatic carboxylic acids is 1. The summed E-state index contributed by atoms with van der Waals surface area (Å²) >= 11 is 0. The van der Waals surface area contributed by atoms with Gasteiger partial charge in [0.1, 0.15) is 12.1 Å². The number of aromatic nitrogens is 4. The molecule has 0 radical (unpaired) electrons. The van der Waals surface area contributed by atoms with Gasteiger partial charge in [-0.3, -0.25) is 4.57 Å². The maximum absolute atomic E-state index is 11.1. The van der Waals surface area contributed by atoms with E-state index in [9.17, 15) is 4.79 Å². The molecule has 1 aromatic carbocycles. The van der Waals surface area contributed by atoms with Crippen LogP contribution < -0.4 is 5.32 Å². The van der Waals surface area contributed by atoms with Crippen LogP contribution in [0.4, 0.5) is 11.6 Å². The molecule has 3 rings (SSSR count). The van der Waals surface area contributed by atoms with Gasteiger partial charge < -0.3 is 10.4 Å². The van der Waals surface area contributed by atoms with E-state index >= 15 is 0 Å². The Morgan fingerprint density at radius 2 is 2.04 bits per heavy atom. The third kappa shape index (κ3) is 3.18. The number of benzene rings is 1. The van der Waals surface area contributed by atoms with Gasteiger partial charge in [0, 0.05) is 18.1 Å². The number of aryl methyl sites for hydroxylation is 2. The Kier molecular flexibility index (Phi) is 3.76. The van der Waals surface area contributed by atoms with Gasteiger partial charge in [0.05, 0.1) is 11.3 Å². The second-order valence-electron chi connectivity index (χ2n) is 5.12. The van der Waals surface area contributed by atoms with Crippen molar-refractivity contribution in [3.63, 3.8) is 0 Å². The van der Waals surface area contributed by atoms with Gasteiger partial charge >= 0.3 is 5.97 Å². The third-order valence-electron chi connectivity index (χ3n) is 3.35. The first-order valence-corrected chi connectivity index (χ1v) is 6.98. The molecule has 0 aliphatic heterocycles. The molecule has 23 heavy (non-hydrogen) atoms. The lowest BCUT2D eigenvalue weighted by atomic mass is 10.1. The van der Waals surface area contributed by atoms with Gasteiger partial charge in [0.25, 0.3) is 0 Å². The van der Waals surface area contributed by atoms with Crippen LogP contribution in [0.5, 0.6) is 0 Å². The molecule has 7 heteroatoms. The summed E-state index contributed by atoms with van der Waals surface area (Å²) in [5.74, 6) is 0.0891. The van der Waals surface area contributed by atoms with Crippen LogP contribution >= 0.6 is 0 Å². The Hall–Kier alpha value is -3.22. The van der Waals surface area contributed by atoms with E-state index in [1.807, 2.05) is 20.0 Å². The monoisotopic (exact) mass is 309 g/mol. The minimum absolute atomic E-state index is 0.208. The zero-order chi connectivity index (χ0) is 16.4. The van der Waals surface area contributed by atoms with Gasteiger partial charge in [-0.05, 0) is 37.6 Å². The van der Waals surface area contributed by atoms with E-state index in [1.54, 1.807) is 41.4 Å². The van der Waals surface area contributed by atoms with Crippen molar-refractivity contribution in [2.45, 2.75) is 13.8 Å². The standard InChI is InChI=1S/C16H15N5O2/c1-10-3-4-12(15(22)23)7-13(10)19-16-17-6-5-14(20-16)21-8-11(2)18-9-21/h3-9H,1-2H3,(H,22,23)(H,17,19,20). The van der Waals surface area contributed by atoms with Gasteiger partial charge in [-0.1, -0.05) is 6.07 Å². The van der Waals surface area contributed by atoms with Crippen molar-refractivity contribution >= 4 is 17.6 Å². The number of rotatable bonds is 4. The number of anilines is 2. The first kappa shape index (κ1) is 14.7. The molecule has 0 fully saturated rings. The fourth-order valence-corrected chi connectivity index (χ4v) is 2.11. The Labute approximate surface area is 132 Å². The predicted octanol–water partition coefficient (Wildman–Crippen LogP) is 2.72. The van der Waals surface area contributed by atoms with Gasteiger partial charge in [0.2, 0.25) is 5.95 Å². The summed E-state index contributed by atoms with van der Waals surface area (Å²) in [4.78, 5) is 23.9. The van der Waals surface area contributed by atoms with E-state index in [-0.39, 0.29) is 5.56 Å². The fourth-order valence-electron chi connectivity index (χ4n) is 2.11. The Bertz CT molecular complexity index is 872. The number of carboxylic acid groups (broad SMARTS) is 1. The van der Waals surface area contributed by atoms with Crippen molar-refractivity contribution in [1.29, 1.82) is 0 Å². The molecular formula is C16H15N5O2. The van der Waals surface area contributed by atoms with E-state index < -0.39 is 5.97 Å². The predicted molar refractivity (Wildman–Crippen MR) is 85.3 cm³/mol. The van der Waals surface area contributed by atoms with Gasteiger partial charge in [-0.15, -0.1) is 0 Å². The summed E-state index contributed by atoms with van der Waals surface area (Å²) in [6, 6.07) is 6.64. The maximum Gasteiger partial charge on any atom is 0.335 e. The summed E-state index contributed by atoms with van der Waals surface area (Å²) in [6.45, 7) is 3.79. The van der Waals surface area contributed by atoms with Crippen LogP contribution in [0, 0.1) is 13.8 Å². The van der Waals surface area contributed by atoms with Crippen molar-refractivity contribution < 1.29 is 9.90 Å². The molecule has 0 amide bonds. The zero-order valence-corrected chi connectivity index (χ0v) is 12.7. The number of imidazole rings is 1. The molecule has 2 heterocycles. The highest BCUT2D eigenvalue weighted by molar-refractivity contribution is 5.89. The number of hydrogen-bond donors (Lipinski definition) is 2. The van der Waals surface area contributed by atoms with Crippen molar-refractivity contribution in [2.24, 2.45) is 0 Å². The summed E-state index contributed by atoms with van der Waals surface area (Å²) in [5, 5.41) is 12.2. The molecule has 7 nitrogen and oxygen atoms in total. The molecule has 0 aliphatic rings. The lowest BCUT2D eigenvalue weighted by Gasteiger charge is -2.10. The lowest BCUT2D eigenvalue weighted by molar-refractivity contribution is 0.0697. The van der Waals surface area contributed by atoms with Crippen LogP contribution in [0.15, 0.2) is 43.0 Å². The number of carbonyl (C=O) groups is 1. The van der Waals surface area contributed by atoms with Gasteiger partial charge in [-0.25, -0.2) is 14.8 Å². The second kappa shape index (κ2) is 5.88. The van der Waals surface area contributed by atoms with Gasteiger partial charge in [-0.2, -0.15) is 4.98 Å². The largest absolute Gasteiger partial charge is 0.478 e. The minimum Gasteiger partial charge on any atom is -0.478 e. The van der Waals surface area contributed by atoms with Crippen LogP contribution in [-0.4, -0.2) is 30.6 Å². The summed E-state index contributed by atoms with van der Waals surface area (Å²) in [5.41, 5.74) is 2.66. The van der Waals surface area contributed by atoms with Crippen molar-refractivity contribution in [2.75, 3.05) is 5.32 Å². The molecule has 0 unspecified atom stereocenters. The Morgan fingerprint density at radius 1 is 1.22 bits per heavy atom. The quantitative estimate of drug-likeness (QED) is 0.769. The van der Waals surface area contributed by atoms with E-state index in [0.29, 0.717) is 17.5 Å². The molecule has 0 spiro atoms. The average Bonchev–Trinajstić information content (AvgIpc) is 2.96. The highest BCUT2D eigenvalue weighted by Gasteiger charge is 2.08. The molecule has 2 aromatic heterocycles. The van der Waals surface area contributed by atoms with E-state index in [0.717, 1.165) is 11.3 Å². The van der Waals surface area contributed by atoms with Gasteiger partial charge in [0.15, 0.2) is 0 Å². The van der Waals surface area contributed by atoms with Crippen LogP contribution in [0.1, 0.15) is 21.6 Å². The molecule has 0 atom stereocenters. The molecule has 116 valence electrons. The van der Waals surface area contributed by atoms with E-state index in [4.69, 9.17) is 5.11 Å². The first-order chi connectivity index (χ1) is 11.0. The number of nitrogens with one attached hydrogen (secondary N) is 1. The van der Waals surface area contributed by atoms with E-state index in [2.05, 4.69) is 20.3 Å². The van der Waals surface area contributed by atoms with Crippen LogP contribution in [0.2, 0.25) is 0 Å². The lowest BCUT2D eigenvalue weighted by Crippen LogP contribution is -2.04. The normalized spacial score (nSPS) is 10.5. The average molecular weight is 309 g/mol. The van der Waals surface area contributed by atoms with E-state index in [1.165, 1.54) is 0 Å². The fraction of sp³-hybridized carbons (Fsp3) is 0.125. The Morgan fingerprint density at radius 3 is 2.74 bits per heavy atom. The SMILES string of the molecule is Cc1cn(-c2ccnc(Nc3cc(C(=O)O)ccc3C)n2)cn1. The number of carboxylic acids is 1. The maximum atomic E-state index is 11.1. The number of hydrogen-bond acceptors (Lipinski definition) is 5. The minimum atomic E-state index is -0.975. The first-order valence-electron chi connectivity index (χ1n) is 6.98. The molecule has 0 aliphatic carbocycles. The summed E-state index contributed by atoms with van der Waals surface area (Å²) in [6.07, 6.45) is 5.18. The molecule has 0 saturated carbocycles. The Balaban J connectivity index is 1.92. The zero-order valence-electron chi connectivity index (χ0n) is 12.7. The molecule has 2 N–H and O–H groups in total. The molecular weight excluding hydrogens is 294 g/mol. The molecule has 0 bridgehead atoms. The second-order valence-corrected chi connectivity index (χ2v) is 5.12. The highest BCUT2D eigenvalue weighted by Crippen LogP contribution is 2.20. The number of nitrogens with zero attached hydrogens (tertiary/aromatic N) is 4.